The number of amides is 1. The second-order valence-corrected chi connectivity index (χ2v) is 5.06. The summed E-state index contributed by atoms with van der Waals surface area (Å²) < 4.78 is 10.6. The second kappa shape index (κ2) is 7.28. The van der Waals surface area contributed by atoms with Gasteiger partial charge in [-0.15, -0.1) is 0 Å². The number of hydrogen-bond donors (Lipinski definition) is 1. The maximum absolute atomic E-state index is 11.6. The van der Waals surface area contributed by atoms with Gasteiger partial charge in [-0.2, -0.15) is 0 Å². The van der Waals surface area contributed by atoms with Gasteiger partial charge in [0.2, 0.25) is 0 Å². The first-order valence-corrected chi connectivity index (χ1v) is 7.09. The molecule has 0 unspecified atom stereocenters. The molecule has 0 bridgehead atoms. The second-order valence-electron chi connectivity index (χ2n) is 5.06. The molecule has 0 atom stereocenters. The molecule has 2 rings (SSSR count). The van der Waals surface area contributed by atoms with E-state index in [9.17, 15) is 4.79 Å². The third-order valence-electron chi connectivity index (χ3n) is 3.37. The Bertz CT molecular complexity index is 397. The van der Waals surface area contributed by atoms with Crippen LogP contribution >= 0.6 is 0 Å². The first kappa shape index (κ1) is 14.1. The van der Waals surface area contributed by atoms with Crippen LogP contribution in [0.1, 0.15) is 54.8 Å². The van der Waals surface area contributed by atoms with Crippen LogP contribution in [0.3, 0.4) is 0 Å². The maximum atomic E-state index is 11.6. The van der Waals surface area contributed by atoms with E-state index in [1.807, 2.05) is 0 Å². The minimum atomic E-state index is -0.186. The Hall–Kier alpha value is -1.36. The van der Waals surface area contributed by atoms with Crippen LogP contribution in [0.15, 0.2) is 10.6 Å². The molecule has 1 aliphatic rings. The highest BCUT2D eigenvalue weighted by molar-refractivity contribution is 5.92. The Morgan fingerprint density at radius 1 is 1.47 bits per heavy atom. The minimum Gasteiger partial charge on any atom is -0.378 e. The fraction of sp³-hybridized carbons (Fsp3) is 0.714. The third kappa shape index (κ3) is 4.67. The SMILES string of the molecule is Cc1cc(C(=O)NCCCOC2CCCCC2)no1. The average molecular weight is 266 g/mol. The summed E-state index contributed by atoms with van der Waals surface area (Å²) in [7, 11) is 0. The van der Waals surface area contributed by atoms with E-state index in [-0.39, 0.29) is 5.91 Å². The predicted octanol–water partition coefficient (Wildman–Crippen LogP) is 2.45. The molecule has 1 aromatic heterocycles. The van der Waals surface area contributed by atoms with Crippen LogP contribution in [0.25, 0.3) is 0 Å². The first-order chi connectivity index (χ1) is 9.25. The van der Waals surface area contributed by atoms with Crippen molar-refractivity contribution in [2.75, 3.05) is 13.2 Å². The van der Waals surface area contributed by atoms with E-state index >= 15 is 0 Å². The van der Waals surface area contributed by atoms with Crippen LogP contribution in [0, 0.1) is 6.92 Å². The third-order valence-corrected chi connectivity index (χ3v) is 3.37. The fourth-order valence-corrected chi connectivity index (χ4v) is 2.32. The van der Waals surface area contributed by atoms with Crippen molar-refractivity contribution < 1.29 is 14.1 Å². The van der Waals surface area contributed by atoms with Crippen molar-refractivity contribution in [2.24, 2.45) is 0 Å². The molecule has 1 amide bonds. The number of carbonyl (C=O) groups excluding carboxylic acids is 1. The lowest BCUT2D eigenvalue weighted by atomic mass is 9.98. The Kier molecular flexibility index (Phi) is 5.39. The summed E-state index contributed by atoms with van der Waals surface area (Å²) in [4.78, 5) is 11.6. The van der Waals surface area contributed by atoms with Crippen LogP contribution < -0.4 is 5.32 Å². The number of rotatable bonds is 6. The van der Waals surface area contributed by atoms with E-state index in [0.717, 1.165) is 6.42 Å². The van der Waals surface area contributed by atoms with Crippen molar-refractivity contribution in [1.82, 2.24) is 10.5 Å². The summed E-state index contributed by atoms with van der Waals surface area (Å²) in [6.07, 6.45) is 7.55. The molecule has 0 aliphatic heterocycles. The molecule has 5 heteroatoms. The molecule has 1 heterocycles. The van der Waals surface area contributed by atoms with E-state index in [4.69, 9.17) is 9.26 Å². The largest absolute Gasteiger partial charge is 0.378 e. The van der Waals surface area contributed by atoms with E-state index in [1.165, 1.54) is 32.1 Å². The van der Waals surface area contributed by atoms with Crippen LogP contribution in [0.5, 0.6) is 0 Å². The monoisotopic (exact) mass is 266 g/mol. The Morgan fingerprint density at radius 2 is 2.26 bits per heavy atom. The highest BCUT2D eigenvalue weighted by Gasteiger charge is 2.13. The lowest BCUT2D eigenvalue weighted by Crippen LogP contribution is -2.26. The minimum absolute atomic E-state index is 0.186. The van der Waals surface area contributed by atoms with Gasteiger partial charge in [-0.3, -0.25) is 4.79 Å². The van der Waals surface area contributed by atoms with Crippen LogP contribution in [0.4, 0.5) is 0 Å². The molecule has 106 valence electrons. The van der Waals surface area contributed by atoms with Crippen LogP contribution in [-0.2, 0) is 4.74 Å². The molecule has 19 heavy (non-hydrogen) atoms. The lowest BCUT2D eigenvalue weighted by Gasteiger charge is -2.21. The van der Waals surface area contributed by atoms with E-state index in [0.29, 0.717) is 30.7 Å². The maximum Gasteiger partial charge on any atom is 0.273 e. The number of carbonyl (C=O) groups is 1. The number of ether oxygens (including phenoxy) is 1. The number of aromatic nitrogens is 1. The van der Waals surface area contributed by atoms with Gasteiger partial charge >= 0.3 is 0 Å². The van der Waals surface area contributed by atoms with Crippen LogP contribution in [0.2, 0.25) is 0 Å². The number of nitrogens with zero attached hydrogens (tertiary/aromatic N) is 1. The van der Waals surface area contributed by atoms with Gasteiger partial charge in [0.25, 0.3) is 5.91 Å². The molecular weight excluding hydrogens is 244 g/mol. The molecule has 5 nitrogen and oxygen atoms in total. The summed E-state index contributed by atoms with van der Waals surface area (Å²) in [6, 6.07) is 1.63. The van der Waals surface area contributed by atoms with Gasteiger partial charge in [-0.25, -0.2) is 0 Å². The zero-order valence-corrected chi connectivity index (χ0v) is 11.5. The zero-order valence-electron chi connectivity index (χ0n) is 11.5. The summed E-state index contributed by atoms with van der Waals surface area (Å²) >= 11 is 0. The zero-order chi connectivity index (χ0) is 13.5. The number of aryl methyl sites for hydroxylation is 1. The highest BCUT2D eigenvalue weighted by atomic mass is 16.5. The van der Waals surface area contributed by atoms with E-state index < -0.39 is 0 Å². The molecule has 0 aromatic carbocycles. The Morgan fingerprint density at radius 3 is 2.95 bits per heavy atom. The van der Waals surface area contributed by atoms with Gasteiger partial charge in [0, 0.05) is 19.2 Å². The summed E-state index contributed by atoms with van der Waals surface area (Å²) in [6.45, 7) is 3.09. The van der Waals surface area contributed by atoms with Crippen molar-refractivity contribution in [3.05, 3.63) is 17.5 Å². The summed E-state index contributed by atoms with van der Waals surface area (Å²) in [5.74, 6) is 0.459. The molecule has 1 N–H and O–H groups in total. The highest BCUT2D eigenvalue weighted by Crippen LogP contribution is 2.20. The molecular formula is C14H22N2O3. The van der Waals surface area contributed by atoms with Crippen molar-refractivity contribution in [1.29, 1.82) is 0 Å². The van der Waals surface area contributed by atoms with Crippen LogP contribution in [-0.4, -0.2) is 30.3 Å². The number of nitrogens with one attached hydrogen (secondary N) is 1. The summed E-state index contributed by atoms with van der Waals surface area (Å²) in [5.41, 5.74) is 0.339. The number of hydrogen-bond acceptors (Lipinski definition) is 4. The first-order valence-electron chi connectivity index (χ1n) is 7.09. The molecule has 1 saturated carbocycles. The average Bonchev–Trinajstić information content (AvgIpc) is 2.86. The smallest absolute Gasteiger partial charge is 0.273 e. The summed E-state index contributed by atoms with van der Waals surface area (Å²) in [5, 5.41) is 6.48. The standard InChI is InChI=1S/C14H22N2O3/c1-11-10-13(16-19-11)14(17)15-8-5-9-18-12-6-3-2-4-7-12/h10,12H,2-9H2,1H3,(H,15,17). The molecule has 0 radical (unpaired) electrons. The van der Waals surface area contributed by atoms with Crippen molar-refractivity contribution >= 4 is 5.91 Å². The van der Waals surface area contributed by atoms with Crippen molar-refractivity contribution in [2.45, 2.75) is 51.6 Å². The van der Waals surface area contributed by atoms with Gasteiger partial charge < -0.3 is 14.6 Å². The Balaban J connectivity index is 1.55. The molecule has 1 fully saturated rings. The van der Waals surface area contributed by atoms with Gasteiger partial charge in [0.1, 0.15) is 5.76 Å². The molecule has 1 aromatic rings. The molecule has 0 saturated heterocycles. The van der Waals surface area contributed by atoms with Gasteiger partial charge in [0.15, 0.2) is 5.69 Å². The fourth-order valence-electron chi connectivity index (χ4n) is 2.32. The van der Waals surface area contributed by atoms with Gasteiger partial charge in [-0.1, -0.05) is 24.4 Å². The molecule has 0 spiro atoms. The quantitative estimate of drug-likeness (QED) is 0.803. The topological polar surface area (TPSA) is 64.4 Å². The normalized spacial score (nSPS) is 16.5. The van der Waals surface area contributed by atoms with E-state index in [2.05, 4.69) is 10.5 Å². The van der Waals surface area contributed by atoms with Gasteiger partial charge in [0.05, 0.1) is 6.10 Å². The Labute approximate surface area is 113 Å². The van der Waals surface area contributed by atoms with Crippen molar-refractivity contribution in [3.8, 4) is 0 Å². The lowest BCUT2D eigenvalue weighted by molar-refractivity contribution is 0.0273. The van der Waals surface area contributed by atoms with Crippen molar-refractivity contribution in [3.63, 3.8) is 0 Å². The molecule has 1 aliphatic carbocycles. The van der Waals surface area contributed by atoms with E-state index in [1.54, 1.807) is 13.0 Å². The van der Waals surface area contributed by atoms with Gasteiger partial charge in [-0.05, 0) is 26.2 Å². The predicted molar refractivity (Wildman–Crippen MR) is 71.0 cm³/mol.